The highest BCUT2D eigenvalue weighted by molar-refractivity contribution is 4.65. The van der Waals surface area contributed by atoms with Gasteiger partial charge >= 0.3 is 0 Å². The van der Waals surface area contributed by atoms with Gasteiger partial charge in [0.25, 0.3) is 0 Å². The van der Waals surface area contributed by atoms with E-state index in [-0.39, 0.29) is 44.6 Å². The lowest BCUT2D eigenvalue weighted by atomic mass is 9.88. The predicted molar refractivity (Wildman–Crippen MR) is 220 cm³/mol. The van der Waals surface area contributed by atoms with Gasteiger partial charge in [0.05, 0.1) is 0 Å². The van der Waals surface area contributed by atoms with E-state index in [9.17, 15) is 0 Å². The molecule has 0 bridgehead atoms. The molecule has 0 amide bonds. The summed E-state index contributed by atoms with van der Waals surface area (Å²) in [6, 6.07) is 0. The van der Waals surface area contributed by atoms with Crippen LogP contribution >= 0.6 is 0 Å². The molecule has 0 saturated heterocycles. The first-order chi connectivity index (χ1) is 18.9. The lowest BCUT2D eigenvalue weighted by Crippen LogP contribution is -2.04. The summed E-state index contributed by atoms with van der Waals surface area (Å²) in [6.07, 6.45) is 40.2. The van der Waals surface area contributed by atoms with Crippen LogP contribution in [0.4, 0.5) is 0 Å². The van der Waals surface area contributed by atoms with Gasteiger partial charge in [0.15, 0.2) is 0 Å². The molecule has 0 heterocycles. The van der Waals surface area contributed by atoms with Crippen molar-refractivity contribution in [3.63, 3.8) is 0 Å². The molecule has 0 aromatic carbocycles. The van der Waals surface area contributed by atoms with Crippen LogP contribution in [0.2, 0.25) is 0 Å². The fourth-order valence-corrected chi connectivity index (χ4v) is 6.36. The average molecular weight is 643 g/mol. The van der Waals surface area contributed by atoms with Crippen molar-refractivity contribution in [3.8, 4) is 0 Å². The van der Waals surface area contributed by atoms with Crippen LogP contribution in [0, 0.1) is 35.5 Å². The zero-order valence-electron chi connectivity index (χ0n) is 28.6. The highest BCUT2D eigenvalue weighted by atomic mass is 14.2. The van der Waals surface area contributed by atoms with Gasteiger partial charge in [-0.3, -0.25) is 0 Å². The van der Waals surface area contributed by atoms with Crippen molar-refractivity contribution in [2.24, 2.45) is 35.5 Å². The van der Waals surface area contributed by atoms with E-state index in [4.69, 9.17) is 0 Å². The molecule has 6 rings (SSSR count). The van der Waals surface area contributed by atoms with Gasteiger partial charge in [0.1, 0.15) is 0 Å². The van der Waals surface area contributed by atoms with Crippen LogP contribution in [0.1, 0.15) is 259 Å². The van der Waals surface area contributed by atoms with Gasteiger partial charge in [-0.15, -0.1) is 0 Å². The molecule has 0 aromatic heterocycles. The molecule has 6 aliphatic rings. The van der Waals surface area contributed by atoms with E-state index in [0.717, 1.165) is 35.5 Å². The number of hydrogen-bond donors (Lipinski definition) is 0. The van der Waals surface area contributed by atoms with Crippen LogP contribution in [-0.4, -0.2) is 0 Å². The lowest BCUT2D eigenvalue weighted by molar-refractivity contribution is 0.346. The highest BCUT2D eigenvalue weighted by Crippen LogP contribution is 2.27. The Bertz CT molecular complexity index is 458. The molecule has 0 heteroatoms. The summed E-state index contributed by atoms with van der Waals surface area (Å²) >= 11 is 0. The Labute approximate surface area is 294 Å². The number of rotatable bonds is 0. The molecule has 0 aromatic rings. The second-order valence-electron chi connectivity index (χ2n) is 15.4. The summed E-state index contributed by atoms with van der Waals surface area (Å²) < 4.78 is 0. The first-order valence-corrected chi connectivity index (χ1v) is 18.9. The van der Waals surface area contributed by atoms with E-state index in [0.29, 0.717) is 0 Å². The Kier molecular flexibility index (Phi) is 51.1. The van der Waals surface area contributed by atoms with E-state index >= 15 is 0 Å². The summed E-state index contributed by atoms with van der Waals surface area (Å²) in [5.74, 6) is 6.27. The third kappa shape index (κ3) is 42.0. The van der Waals surface area contributed by atoms with E-state index < -0.39 is 0 Å². The minimum absolute atomic E-state index is 0. The van der Waals surface area contributed by atoms with Crippen molar-refractivity contribution in [3.05, 3.63) is 0 Å². The molecular formula is C45H102. The molecule has 0 unspecified atom stereocenters. The average Bonchev–Trinajstić information content (AvgIpc) is 3.61. The monoisotopic (exact) mass is 643 g/mol. The summed E-state index contributed by atoms with van der Waals surface area (Å²) in [6.45, 7) is 14.1. The third-order valence-corrected chi connectivity index (χ3v) is 10.3. The zero-order chi connectivity index (χ0) is 28.6. The van der Waals surface area contributed by atoms with Gasteiger partial charge in [0.2, 0.25) is 0 Å². The van der Waals surface area contributed by atoms with Crippen LogP contribution in [0.15, 0.2) is 0 Å². The van der Waals surface area contributed by atoms with Crippen molar-refractivity contribution in [1.29, 1.82) is 0 Å². The minimum atomic E-state index is 0. The Morgan fingerprint density at radius 3 is 0.444 bits per heavy atom. The molecule has 0 spiro atoms. The lowest BCUT2D eigenvalue weighted by Gasteiger charge is -2.18. The second-order valence-corrected chi connectivity index (χ2v) is 15.4. The zero-order valence-corrected chi connectivity index (χ0v) is 28.6. The van der Waals surface area contributed by atoms with Crippen molar-refractivity contribution < 1.29 is 0 Å². The first-order valence-electron chi connectivity index (χ1n) is 18.9. The summed E-state index contributed by atoms with van der Waals surface area (Å²) in [4.78, 5) is 0. The van der Waals surface area contributed by atoms with Gasteiger partial charge in [-0.1, -0.05) is 259 Å². The van der Waals surface area contributed by atoms with Crippen molar-refractivity contribution in [1.82, 2.24) is 0 Å². The van der Waals surface area contributed by atoms with Crippen LogP contribution < -0.4 is 0 Å². The van der Waals surface area contributed by atoms with E-state index in [1.807, 2.05) is 0 Å². The fourth-order valence-electron chi connectivity index (χ4n) is 6.36. The molecule has 0 N–H and O–H groups in total. The molecule has 282 valence electrons. The maximum atomic E-state index is 2.39. The maximum Gasteiger partial charge on any atom is -0.0443 e. The van der Waals surface area contributed by atoms with Crippen molar-refractivity contribution in [2.75, 3.05) is 0 Å². The van der Waals surface area contributed by atoms with Gasteiger partial charge in [-0.05, 0) is 35.5 Å². The molecular weight excluding hydrogens is 540 g/mol. The smallest absolute Gasteiger partial charge is 0.0443 e. The van der Waals surface area contributed by atoms with E-state index in [2.05, 4.69) is 41.5 Å². The van der Waals surface area contributed by atoms with Gasteiger partial charge in [-0.2, -0.15) is 0 Å². The maximum absolute atomic E-state index is 2.39. The Balaban J connectivity index is -0.000000100. The minimum Gasteiger partial charge on any atom is -0.0776 e. The number of hydrogen-bond acceptors (Lipinski definition) is 0. The van der Waals surface area contributed by atoms with Gasteiger partial charge in [-0.25, -0.2) is 0 Å². The molecule has 6 saturated carbocycles. The van der Waals surface area contributed by atoms with Crippen molar-refractivity contribution in [2.45, 2.75) is 259 Å². The summed E-state index contributed by atoms with van der Waals surface area (Å²) in [5.41, 5.74) is 0. The molecule has 6 aliphatic carbocycles. The topological polar surface area (TPSA) is 0 Å². The van der Waals surface area contributed by atoms with Crippen molar-refractivity contribution >= 4 is 0 Å². The normalized spacial score (nSPS) is 22.0. The van der Waals surface area contributed by atoms with Crippen LogP contribution in [0.5, 0.6) is 0 Å². The van der Waals surface area contributed by atoms with Crippen LogP contribution in [0.25, 0.3) is 0 Å². The predicted octanol–water partition coefficient (Wildman–Crippen LogP) is 18.2. The van der Waals surface area contributed by atoms with E-state index in [1.54, 1.807) is 0 Å². The Morgan fingerprint density at radius 1 is 0.178 bits per heavy atom. The van der Waals surface area contributed by atoms with Gasteiger partial charge < -0.3 is 0 Å². The molecule has 0 nitrogen and oxygen atoms in total. The highest BCUT2D eigenvalue weighted by Gasteiger charge is 2.12. The SMILES string of the molecule is C.C.C.C.C.C.CC1CC1.CC1CCC1.CC1CCCC1.CC1CCCCC1.CC1CCCCCC1.CC1CCCCCCC1. The molecule has 6 fully saturated rings. The Morgan fingerprint density at radius 2 is 0.311 bits per heavy atom. The van der Waals surface area contributed by atoms with Crippen LogP contribution in [0.3, 0.4) is 0 Å². The van der Waals surface area contributed by atoms with Crippen LogP contribution in [-0.2, 0) is 0 Å². The molecule has 0 atom stereocenters. The van der Waals surface area contributed by atoms with E-state index in [1.165, 1.54) is 173 Å². The quantitative estimate of drug-likeness (QED) is 0.231. The van der Waals surface area contributed by atoms with Gasteiger partial charge in [0, 0.05) is 0 Å². The summed E-state index contributed by atoms with van der Waals surface area (Å²) in [7, 11) is 0. The first kappa shape index (κ1) is 57.3. The third-order valence-electron chi connectivity index (χ3n) is 10.3. The Hall–Kier alpha value is 0. The second kappa shape index (κ2) is 40.2. The standard InChI is InChI=1S/C9H18.C8H16.C7H14.C6H12.C5H10.C4H8.6CH4/c1-9-7-5-3-2-4-6-8-9;1-8-6-4-2-3-5-7-8;1-7-5-3-2-4-6-7;1-6-4-2-3-5-6;1-5-3-2-4-5;1-4-2-3-4;;;;;;/h9H,2-8H2,1H3;8H,2-7H2,1H3;7H,2-6H2,1H3;6H,2-5H2,1H3;5H,2-4H2,1H3;4H,2-3H2,1H3;6*1H4. The summed E-state index contributed by atoms with van der Waals surface area (Å²) in [5, 5.41) is 0. The molecule has 45 heavy (non-hydrogen) atoms. The largest absolute Gasteiger partial charge is 0.0776 e. The fraction of sp³-hybridized carbons (Fsp3) is 1.00. The molecule has 0 radical (unpaired) electrons. The molecule has 0 aliphatic heterocycles.